The van der Waals surface area contributed by atoms with E-state index in [2.05, 4.69) is 27.3 Å². The van der Waals surface area contributed by atoms with E-state index in [1.165, 1.54) is 16.7 Å². The number of rotatable bonds is 5. The van der Waals surface area contributed by atoms with Crippen LogP contribution in [-0.2, 0) is 9.59 Å². The van der Waals surface area contributed by atoms with E-state index in [0.717, 1.165) is 11.4 Å². The van der Waals surface area contributed by atoms with E-state index in [-0.39, 0.29) is 18.2 Å². The molecule has 1 saturated heterocycles. The van der Waals surface area contributed by atoms with E-state index in [1.54, 1.807) is 16.7 Å². The molecule has 6 nitrogen and oxygen atoms in total. The van der Waals surface area contributed by atoms with Gasteiger partial charge in [0.15, 0.2) is 5.17 Å². The van der Waals surface area contributed by atoms with Crippen LogP contribution in [-0.4, -0.2) is 46.7 Å². The Labute approximate surface area is 172 Å². The summed E-state index contributed by atoms with van der Waals surface area (Å²) in [5.74, 6) is -0.222. The first kappa shape index (κ1) is 18.9. The molecule has 0 aromatic heterocycles. The highest BCUT2D eigenvalue weighted by Crippen LogP contribution is 2.33. The van der Waals surface area contributed by atoms with Gasteiger partial charge in [-0.2, -0.15) is 0 Å². The third-order valence-electron chi connectivity index (χ3n) is 4.56. The number of amidine groups is 1. The molecule has 0 saturated carbocycles. The van der Waals surface area contributed by atoms with E-state index in [0.29, 0.717) is 18.5 Å². The number of nitrogens with zero attached hydrogens (tertiary/aromatic N) is 3. The lowest BCUT2D eigenvalue weighted by Crippen LogP contribution is -2.46. The highest BCUT2D eigenvalue weighted by atomic mass is 32.2. The lowest BCUT2D eigenvalue weighted by molar-refractivity contribution is -0.128. The summed E-state index contributed by atoms with van der Waals surface area (Å²) in [5, 5.41) is 3.12. The molecule has 0 bridgehead atoms. The molecule has 1 N–H and O–H groups in total. The molecule has 28 heavy (non-hydrogen) atoms. The normalized spacial score (nSPS) is 18.7. The highest BCUT2D eigenvalue weighted by molar-refractivity contribution is 8.15. The fourth-order valence-corrected chi connectivity index (χ4v) is 4.70. The van der Waals surface area contributed by atoms with Crippen LogP contribution in [0.15, 0.2) is 64.5 Å². The molecular formula is C20H20N4O2S2. The van der Waals surface area contributed by atoms with Crippen molar-refractivity contribution in [1.82, 2.24) is 4.90 Å². The Balaban J connectivity index is 1.40. The zero-order valence-corrected chi connectivity index (χ0v) is 17.0. The third-order valence-corrected chi connectivity index (χ3v) is 6.49. The Morgan fingerprint density at radius 2 is 2.07 bits per heavy atom. The van der Waals surface area contributed by atoms with Gasteiger partial charge in [0.1, 0.15) is 18.6 Å². The fourth-order valence-electron chi connectivity index (χ4n) is 3.12. The minimum atomic E-state index is -0.431. The van der Waals surface area contributed by atoms with Gasteiger partial charge in [-0.3, -0.25) is 14.5 Å². The van der Waals surface area contributed by atoms with Crippen LogP contribution >= 0.6 is 23.5 Å². The smallest absolute Gasteiger partial charge is 0.244 e. The number of aliphatic imine (C=N–C) groups is 1. The number of nitrogens with one attached hydrogen (secondary N) is 1. The van der Waals surface area contributed by atoms with Crippen LogP contribution in [0.25, 0.3) is 0 Å². The van der Waals surface area contributed by atoms with E-state index in [1.807, 2.05) is 48.7 Å². The molecule has 0 unspecified atom stereocenters. The standard InChI is InChI=1S/C20H20N4O2S2/c1-27-16-9-5-8-15(10-16)23-12-21-20-24(13-23)19(26)17(28-20)11-18(25)22-14-6-3-2-4-7-14/h2-10,17H,11-13H2,1H3,(H,22,25)/t17-/m0/s1. The number of thioether (sulfide) groups is 2. The molecule has 2 aliphatic rings. The van der Waals surface area contributed by atoms with Crippen molar-refractivity contribution in [2.24, 2.45) is 4.99 Å². The number of carbonyl (C=O) groups excluding carboxylic acids is 2. The Morgan fingerprint density at radius 3 is 2.86 bits per heavy atom. The van der Waals surface area contributed by atoms with Gasteiger partial charge in [0.25, 0.3) is 0 Å². The van der Waals surface area contributed by atoms with Crippen LogP contribution in [0, 0.1) is 0 Å². The Kier molecular flexibility index (Phi) is 5.59. The van der Waals surface area contributed by atoms with Crippen LogP contribution in [0.1, 0.15) is 6.42 Å². The maximum atomic E-state index is 12.8. The van der Waals surface area contributed by atoms with Gasteiger partial charge in [0.05, 0.1) is 0 Å². The number of hydrogen-bond donors (Lipinski definition) is 1. The maximum absolute atomic E-state index is 12.8. The molecule has 0 spiro atoms. The van der Waals surface area contributed by atoms with Gasteiger partial charge in [-0.25, -0.2) is 4.99 Å². The summed E-state index contributed by atoms with van der Waals surface area (Å²) in [5.41, 5.74) is 1.77. The van der Waals surface area contributed by atoms with Crippen molar-refractivity contribution in [3.8, 4) is 0 Å². The predicted molar refractivity (Wildman–Crippen MR) is 116 cm³/mol. The van der Waals surface area contributed by atoms with Crippen molar-refractivity contribution in [3.05, 3.63) is 54.6 Å². The summed E-state index contributed by atoms with van der Waals surface area (Å²) in [6.07, 6.45) is 2.17. The van der Waals surface area contributed by atoms with Crippen LogP contribution < -0.4 is 10.2 Å². The summed E-state index contributed by atoms with van der Waals surface area (Å²) < 4.78 is 0. The minimum absolute atomic E-state index is 0.0577. The van der Waals surface area contributed by atoms with E-state index in [9.17, 15) is 9.59 Å². The average Bonchev–Trinajstić information content (AvgIpc) is 3.03. The van der Waals surface area contributed by atoms with Crippen molar-refractivity contribution >= 4 is 51.9 Å². The SMILES string of the molecule is CSc1cccc(N2CN=C3S[C@@H](CC(=O)Nc4ccccc4)C(=O)N3C2)c1. The molecule has 2 aromatic carbocycles. The van der Waals surface area contributed by atoms with E-state index >= 15 is 0 Å². The maximum Gasteiger partial charge on any atom is 0.244 e. The second kappa shape index (κ2) is 8.28. The second-order valence-corrected chi connectivity index (χ2v) is 8.51. The monoisotopic (exact) mass is 412 g/mol. The van der Waals surface area contributed by atoms with Crippen molar-refractivity contribution in [2.75, 3.05) is 29.8 Å². The topological polar surface area (TPSA) is 65.0 Å². The van der Waals surface area contributed by atoms with Gasteiger partial charge in [-0.15, -0.1) is 11.8 Å². The van der Waals surface area contributed by atoms with Crippen LogP contribution in [0.3, 0.4) is 0 Å². The molecule has 2 amide bonds. The average molecular weight is 413 g/mol. The van der Waals surface area contributed by atoms with Crippen molar-refractivity contribution in [3.63, 3.8) is 0 Å². The van der Waals surface area contributed by atoms with Crippen molar-refractivity contribution < 1.29 is 9.59 Å². The molecule has 144 valence electrons. The van der Waals surface area contributed by atoms with E-state index < -0.39 is 5.25 Å². The van der Waals surface area contributed by atoms with Gasteiger partial charge in [-0.05, 0) is 36.6 Å². The Morgan fingerprint density at radius 1 is 1.25 bits per heavy atom. The molecule has 2 heterocycles. The number of anilines is 2. The molecule has 2 aromatic rings. The van der Waals surface area contributed by atoms with Gasteiger partial charge in [0, 0.05) is 22.7 Å². The molecule has 4 rings (SSSR count). The molecule has 0 aliphatic carbocycles. The minimum Gasteiger partial charge on any atom is -0.334 e. The molecular weight excluding hydrogens is 392 g/mol. The number of fused-ring (bicyclic) bond motifs is 1. The Bertz CT molecular complexity index is 919. The number of carbonyl (C=O) groups is 2. The first-order valence-corrected chi connectivity index (χ1v) is 11.0. The zero-order chi connectivity index (χ0) is 19.5. The van der Waals surface area contributed by atoms with Crippen LogP contribution in [0.4, 0.5) is 11.4 Å². The summed E-state index contributed by atoms with van der Waals surface area (Å²) in [4.78, 5) is 34.7. The van der Waals surface area contributed by atoms with Gasteiger partial charge in [0.2, 0.25) is 11.8 Å². The summed E-state index contributed by atoms with van der Waals surface area (Å²) in [6, 6.07) is 17.5. The van der Waals surface area contributed by atoms with E-state index in [4.69, 9.17) is 0 Å². The van der Waals surface area contributed by atoms with Gasteiger partial charge >= 0.3 is 0 Å². The molecule has 2 aliphatic heterocycles. The first-order valence-electron chi connectivity index (χ1n) is 8.90. The first-order chi connectivity index (χ1) is 13.6. The number of amides is 2. The van der Waals surface area contributed by atoms with Crippen LogP contribution in [0.2, 0.25) is 0 Å². The van der Waals surface area contributed by atoms with Gasteiger partial charge < -0.3 is 10.2 Å². The molecule has 8 heteroatoms. The van der Waals surface area contributed by atoms with Gasteiger partial charge in [-0.1, -0.05) is 36.0 Å². The number of benzene rings is 2. The largest absolute Gasteiger partial charge is 0.334 e. The van der Waals surface area contributed by atoms with Crippen LogP contribution in [0.5, 0.6) is 0 Å². The molecule has 0 radical (unpaired) electrons. The summed E-state index contributed by atoms with van der Waals surface area (Å²) in [6.45, 7) is 0.964. The fraction of sp³-hybridized carbons (Fsp3) is 0.250. The summed E-state index contributed by atoms with van der Waals surface area (Å²) in [7, 11) is 0. The van der Waals surface area contributed by atoms with Crippen molar-refractivity contribution in [2.45, 2.75) is 16.6 Å². The summed E-state index contributed by atoms with van der Waals surface area (Å²) >= 11 is 3.06. The third kappa shape index (κ3) is 4.02. The molecule has 1 atom stereocenters. The molecule has 1 fully saturated rings. The highest BCUT2D eigenvalue weighted by Gasteiger charge is 2.41. The van der Waals surface area contributed by atoms with Crippen molar-refractivity contribution in [1.29, 1.82) is 0 Å². The lowest BCUT2D eigenvalue weighted by atomic mass is 10.2. The number of para-hydroxylation sites is 1. The Hall–Kier alpha value is -2.45. The predicted octanol–water partition coefficient (Wildman–Crippen LogP) is 3.47. The second-order valence-electron chi connectivity index (χ2n) is 6.46. The number of hydrogen-bond acceptors (Lipinski definition) is 6. The zero-order valence-electron chi connectivity index (χ0n) is 15.4. The quantitative estimate of drug-likeness (QED) is 0.762. The lowest BCUT2D eigenvalue weighted by Gasteiger charge is -2.32.